The molecule has 14 heteroatoms. The highest BCUT2D eigenvalue weighted by Crippen LogP contribution is 2.64. The van der Waals surface area contributed by atoms with E-state index in [1.807, 2.05) is 22.7 Å². The number of nitrogens with zero attached hydrogens (tertiary/aromatic N) is 4. The summed E-state index contributed by atoms with van der Waals surface area (Å²) in [5.41, 5.74) is 26.4. The predicted octanol–water partition coefficient (Wildman–Crippen LogP) is 18.7. The molecule has 0 aliphatic heterocycles. The van der Waals surface area contributed by atoms with Crippen molar-refractivity contribution in [3.8, 4) is 71.0 Å². The molecule has 1 aliphatic rings. The van der Waals surface area contributed by atoms with Gasteiger partial charge in [-0.2, -0.15) is 17.5 Å². The summed E-state index contributed by atoms with van der Waals surface area (Å²) in [6.07, 6.45) is 12.1. The average molecular weight is 1030 g/mol. The third kappa shape index (κ3) is 8.06. The van der Waals surface area contributed by atoms with Gasteiger partial charge in [-0.15, -0.1) is 68.0 Å². The zero-order chi connectivity index (χ0) is 45.8. The van der Waals surface area contributed by atoms with Crippen molar-refractivity contribution in [2.24, 2.45) is 11.8 Å². The first-order valence-corrected chi connectivity index (χ1v) is 30.0. The largest absolute Gasteiger partial charge is 0.398 e. The van der Waals surface area contributed by atoms with Crippen molar-refractivity contribution in [1.29, 1.82) is 0 Å². The summed E-state index contributed by atoms with van der Waals surface area (Å²) >= 11 is 13.5. The van der Waals surface area contributed by atoms with Crippen LogP contribution in [0.15, 0.2) is 83.6 Å². The van der Waals surface area contributed by atoms with Gasteiger partial charge in [0.15, 0.2) is 0 Å². The zero-order valence-corrected chi connectivity index (χ0v) is 44.6. The number of thiophene rings is 6. The van der Waals surface area contributed by atoms with Crippen molar-refractivity contribution in [3.63, 3.8) is 0 Å². The van der Waals surface area contributed by atoms with Gasteiger partial charge in [0.25, 0.3) is 0 Å². The van der Waals surface area contributed by atoms with Gasteiger partial charge in [0.1, 0.15) is 22.1 Å². The van der Waals surface area contributed by atoms with Gasteiger partial charge in [-0.05, 0) is 107 Å². The van der Waals surface area contributed by atoms with Crippen LogP contribution < -0.4 is 11.5 Å². The molecular weight excluding hydrogens is 977 g/mol. The van der Waals surface area contributed by atoms with Gasteiger partial charge in [-0.3, -0.25) is 0 Å². The molecule has 0 fully saturated rings. The van der Waals surface area contributed by atoms with Gasteiger partial charge < -0.3 is 11.5 Å². The van der Waals surface area contributed by atoms with Crippen molar-refractivity contribution in [2.75, 3.05) is 11.5 Å². The summed E-state index contributed by atoms with van der Waals surface area (Å²) in [6.45, 7) is 9.50. The Morgan fingerprint density at radius 2 is 0.925 bits per heavy atom. The Hall–Kier alpha value is -4.12. The summed E-state index contributed by atoms with van der Waals surface area (Å²) in [6, 6.07) is 26.9. The molecule has 2 aromatic carbocycles. The molecular formula is C53H52N6S8. The van der Waals surface area contributed by atoms with Crippen LogP contribution in [0, 0.1) is 11.8 Å². The maximum absolute atomic E-state index is 7.15. The normalized spacial score (nSPS) is 14.1. The van der Waals surface area contributed by atoms with Crippen molar-refractivity contribution in [1.82, 2.24) is 17.5 Å². The summed E-state index contributed by atoms with van der Waals surface area (Å²) < 4.78 is 19.9. The summed E-state index contributed by atoms with van der Waals surface area (Å²) in [4.78, 5) is 12.5. The van der Waals surface area contributed by atoms with Gasteiger partial charge in [-0.25, -0.2) is 0 Å². The minimum atomic E-state index is -0.142. The lowest BCUT2D eigenvalue weighted by atomic mass is 9.65. The molecule has 8 heterocycles. The predicted molar refractivity (Wildman–Crippen MR) is 299 cm³/mol. The van der Waals surface area contributed by atoms with Crippen LogP contribution in [0.3, 0.4) is 0 Å². The molecule has 2 unspecified atom stereocenters. The second kappa shape index (κ2) is 19.0. The fourth-order valence-electron chi connectivity index (χ4n) is 10.5. The van der Waals surface area contributed by atoms with E-state index in [1.165, 1.54) is 125 Å². The highest BCUT2D eigenvalue weighted by molar-refractivity contribution is 7.26. The molecule has 0 amide bonds. The molecule has 2 atom stereocenters. The second-order valence-electron chi connectivity index (χ2n) is 18.0. The van der Waals surface area contributed by atoms with Gasteiger partial charge in [0.05, 0.1) is 23.5 Å². The molecule has 11 rings (SSSR count). The van der Waals surface area contributed by atoms with Crippen LogP contribution in [0.5, 0.6) is 0 Å². The van der Waals surface area contributed by atoms with Gasteiger partial charge >= 0.3 is 0 Å². The zero-order valence-electron chi connectivity index (χ0n) is 38.0. The van der Waals surface area contributed by atoms with Crippen LogP contribution in [-0.4, -0.2) is 17.5 Å². The number of benzene rings is 2. The number of rotatable bonds is 18. The van der Waals surface area contributed by atoms with Crippen molar-refractivity contribution < 1.29 is 0 Å². The Labute approximate surface area is 425 Å². The smallest absolute Gasteiger partial charge is 0.116 e. The minimum absolute atomic E-state index is 0.142. The number of hydrogen-bond donors (Lipinski definition) is 2. The topological polar surface area (TPSA) is 104 Å². The lowest BCUT2D eigenvalue weighted by Gasteiger charge is -2.37. The van der Waals surface area contributed by atoms with Crippen LogP contribution in [0.2, 0.25) is 0 Å². The highest BCUT2D eigenvalue weighted by Gasteiger charge is 2.48. The van der Waals surface area contributed by atoms with E-state index in [0.29, 0.717) is 11.8 Å². The Morgan fingerprint density at radius 1 is 0.493 bits per heavy atom. The van der Waals surface area contributed by atoms with E-state index >= 15 is 0 Å². The quantitative estimate of drug-likeness (QED) is 0.0830. The number of nitrogens with two attached hydrogens (primary N) is 2. The lowest BCUT2D eigenvalue weighted by molar-refractivity contribution is 0.266. The number of anilines is 2. The first-order valence-electron chi connectivity index (χ1n) is 23.5. The Kier molecular flexibility index (Phi) is 12.9. The van der Waals surface area contributed by atoms with E-state index in [9.17, 15) is 0 Å². The van der Waals surface area contributed by atoms with Gasteiger partial charge in [0.2, 0.25) is 0 Å². The maximum atomic E-state index is 7.15. The molecule has 67 heavy (non-hydrogen) atoms. The van der Waals surface area contributed by atoms with Crippen molar-refractivity contribution in [3.05, 3.63) is 94.7 Å². The molecule has 8 aromatic heterocycles. The first-order chi connectivity index (χ1) is 32.8. The monoisotopic (exact) mass is 1030 g/mol. The van der Waals surface area contributed by atoms with Crippen LogP contribution >= 0.6 is 91.5 Å². The van der Waals surface area contributed by atoms with Crippen LogP contribution in [0.1, 0.15) is 103 Å². The van der Waals surface area contributed by atoms with E-state index < -0.39 is 0 Å². The molecule has 0 bridgehead atoms. The molecule has 0 radical (unpaired) electrons. The molecule has 1 aliphatic carbocycles. The molecule has 0 saturated carbocycles. The fourth-order valence-corrected chi connectivity index (χ4v) is 18.2. The van der Waals surface area contributed by atoms with Crippen molar-refractivity contribution in [2.45, 2.75) is 97.3 Å². The molecule has 10 aromatic rings. The summed E-state index contributed by atoms with van der Waals surface area (Å²) in [5, 5.41) is 4.26. The van der Waals surface area contributed by atoms with Gasteiger partial charge in [-0.1, -0.05) is 91.2 Å². The van der Waals surface area contributed by atoms with E-state index in [4.69, 9.17) is 29.0 Å². The Morgan fingerprint density at radius 3 is 1.33 bits per heavy atom. The van der Waals surface area contributed by atoms with Crippen LogP contribution in [0.25, 0.3) is 93.1 Å². The minimum Gasteiger partial charge on any atom is -0.398 e. The third-order valence-electron chi connectivity index (χ3n) is 14.0. The molecule has 0 saturated heterocycles. The van der Waals surface area contributed by atoms with E-state index in [-0.39, 0.29) is 5.41 Å². The van der Waals surface area contributed by atoms with Crippen molar-refractivity contribution >= 4 is 125 Å². The molecule has 4 N–H and O–H groups in total. The molecule has 0 spiro atoms. The lowest BCUT2D eigenvalue weighted by Crippen LogP contribution is -2.31. The second-order valence-corrected chi connectivity index (χ2v) is 25.2. The molecule has 342 valence electrons. The number of aromatic nitrogens is 4. The number of unbranched alkanes of at least 4 members (excludes halogenated alkanes) is 2. The average Bonchev–Trinajstić information content (AvgIpc) is 4.19. The SMILES string of the molecule is CCCCC(CC)CC1(CC(CC)CCCC)c2cc(-c3cc(N)c(-c4ccc(-c5cccs5)s4)c4nsnc34)sc2-c2sc(-c3cc(N)c(-c4ccc(-c5cccs5)s4)c4nsnc34)cc21. The van der Waals surface area contributed by atoms with Crippen LogP contribution in [0.4, 0.5) is 11.4 Å². The standard InChI is InChI=1S/C53H52N6S8/c1-5-9-13-29(7-3)27-53(28-30(8-4)14-10-6-2)33-25-43(31-23-35(54)45(49-47(31)56-66-58-49)41-19-17-39(62-41)37-15-11-21-60-37)64-51(33)52-34(53)26-44(65-52)32-24-36(55)46(50-48(32)57-67-59-50)42-20-18-40(63-42)38-16-12-22-61-38/h11-12,15-26,29-30H,5-10,13-14,27-28,54-55H2,1-4H3. The Bertz CT molecular complexity index is 3100. The highest BCUT2D eigenvalue weighted by atomic mass is 32.1. The van der Waals surface area contributed by atoms with E-state index in [2.05, 4.69) is 111 Å². The third-order valence-corrected chi connectivity index (χ3v) is 21.9. The van der Waals surface area contributed by atoms with Crippen LogP contribution in [-0.2, 0) is 5.41 Å². The summed E-state index contributed by atoms with van der Waals surface area (Å²) in [7, 11) is 0. The molecule has 6 nitrogen and oxygen atoms in total. The number of hydrogen-bond acceptors (Lipinski definition) is 14. The Balaban J connectivity index is 1.07. The first kappa shape index (κ1) is 45.3. The number of nitrogen functional groups attached to an aromatic ring is 2. The van der Waals surface area contributed by atoms with E-state index in [0.717, 1.165) is 78.3 Å². The fraction of sp³-hybridized carbons (Fsp3) is 0.321. The van der Waals surface area contributed by atoms with E-state index in [1.54, 1.807) is 45.3 Å². The van der Waals surface area contributed by atoms with Gasteiger partial charge in [0, 0.05) is 87.8 Å². The maximum Gasteiger partial charge on any atom is 0.116 e. The summed E-state index contributed by atoms with van der Waals surface area (Å²) in [5.74, 6) is 1.22. The number of fused-ring (bicyclic) bond motifs is 5.